The van der Waals surface area contributed by atoms with E-state index in [1.807, 2.05) is 0 Å². The number of esters is 1. The van der Waals surface area contributed by atoms with E-state index in [2.05, 4.69) is 4.74 Å². The fourth-order valence-corrected chi connectivity index (χ4v) is 1.51. The fourth-order valence-electron chi connectivity index (χ4n) is 1.36. The Morgan fingerprint density at radius 2 is 2.21 bits per heavy atom. The van der Waals surface area contributed by atoms with Crippen LogP contribution in [0.5, 0.6) is 0 Å². The van der Waals surface area contributed by atoms with Crippen LogP contribution in [0.15, 0.2) is 0 Å². The number of hydrogen-bond donors (Lipinski definition) is 0. The zero-order valence-electron chi connectivity index (χ0n) is 7.66. The number of carbonyl (C=O) groups is 3. The van der Waals surface area contributed by atoms with Crippen molar-refractivity contribution in [1.82, 2.24) is 4.90 Å². The Morgan fingerprint density at radius 1 is 1.57 bits per heavy atom. The molecule has 1 heterocycles. The first-order valence-corrected chi connectivity index (χ1v) is 4.49. The number of methoxy groups -OCH3 is 1. The molecule has 1 atom stereocenters. The minimum absolute atomic E-state index is 0.109. The summed E-state index contributed by atoms with van der Waals surface area (Å²) in [5, 5.41) is -0.665. The van der Waals surface area contributed by atoms with Gasteiger partial charge in [-0.2, -0.15) is 0 Å². The first-order chi connectivity index (χ1) is 6.56. The number of ketones is 1. The molecular formula is C8H10ClNO4. The van der Waals surface area contributed by atoms with Crippen LogP contribution in [-0.2, 0) is 14.3 Å². The Hall–Kier alpha value is -1.10. The van der Waals surface area contributed by atoms with Gasteiger partial charge in [0.15, 0.2) is 5.78 Å². The summed E-state index contributed by atoms with van der Waals surface area (Å²) in [4.78, 5) is 34.3. The summed E-state index contributed by atoms with van der Waals surface area (Å²) in [6.07, 6.45) is 0.282. The average molecular weight is 220 g/mol. The van der Waals surface area contributed by atoms with E-state index in [9.17, 15) is 14.4 Å². The van der Waals surface area contributed by atoms with Crippen molar-refractivity contribution in [2.24, 2.45) is 5.92 Å². The molecule has 5 nitrogen and oxygen atoms in total. The van der Waals surface area contributed by atoms with E-state index in [1.54, 1.807) is 0 Å². The summed E-state index contributed by atoms with van der Waals surface area (Å²) >= 11 is 5.20. The maximum atomic E-state index is 11.4. The summed E-state index contributed by atoms with van der Waals surface area (Å²) in [5.74, 6) is -1.61. The van der Waals surface area contributed by atoms with Gasteiger partial charge in [-0.25, -0.2) is 0 Å². The van der Waals surface area contributed by atoms with Gasteiger partial charge in [-0.1, -0.05) is 0 Å². The van der Waals surface area contributed by atoms with Gasteiger partial charge in [0.2, 0.25) is 0 Å². The van der Waals surface area contributed by atoms with Crippen LogP contribution in [-0.4, -0.2) is 42.2 Å². The number of likely N-dealkylation sites (tertiary alicyclic amines) is 1. The molecule has 6 heteroatoms. The predicted molar refractivity (Wildman–Crippen MR) is 48.0 cm³/mol. The molecule has 0 saturated carbocycles. The standard InChI is InChI=1S/C8H10ClNO4/c1-14-7(12)5-2-3-10(8(9)13)4-6(5)11/h5H,2-4H2,1H3. The Morgan fingerprint density at radius 3 is 2.64 bits per heavy atom. The molecule has 1 fully saturated rings. The number of nitrogens with zero attached hydrogens (tertiary/aromatic N) is 1. The number of ether oxygens (including phenoxy) is 1. The topological polar surface area (TPSA) is 63.7 Å². The van der Waals surface area contributed by atoms with Crippen LogP contribution < -0.4 is 0 Å². The van der Waals surface area contributed by atoms with Crippen LogP contribution >= 0.6 is 11.6 Å². The Labute approximate surface area is 85.9 Å². The first kappa shape index (κ1) is 11.0. The van der Waals surface area contributed by atoms with Crippen molar-refractivity contribution >= 4 is 28.7 Å². The highest BCUT2D eigenvalue weighted by Crippen LogP contribution is 2.16. The van der Waals surface area contributed by atoms with E-state index in [0.29, 0.717) is 6.54 Å². The maximum Gasteiger partial charge on any atom is 0.316 e. The SMILES string of the molecule is COC(=O)C1CCN(C(=O)Cl)CC1=O. The van der Waals surface area contributed by atoms with E-state index in [0.717, 1.165) is 0 Å². The second-order valence-electron chi connectivity index (χ2n) is 3.01. The molecule has 1 amide bonds. The van der Waals surface area contributed by atoms with Crippen LogP contribution in [0, 0.1) is 5.92 Å². The molecule has 14 heavy (non-hydrogen) atoms. The van der Waals surface area contributed by atoms with Crippen molar-refractivity contribution in [3.8, 4) is 0 Å². The van der Waals surface area contributed by atoms with Gasteiger partial charge < -0.3 is 9.64 Å². The third-order valence-electron chi connectivity index (χ3n) is 2.16. The molecule has 0 radical (unpaired) electrons. The molecule has 0 aromatic carbocycles. The molecule has 0 N–H and O–H groups in total. The van der Waals surface area contributed by atoms with Gasteiger partial charge in [0.25, 0.3) is 0 Å². The van der Waals surface area contributed by atoms with Crippen molar-refractivity contribution in [3.05, 3.63) is 0 Å². The van der Waals surface area contributed by atoms with Gasteiger partial charge in [0, 0.05) is 6.54 Å². The summed E-state index contributed by atoms with van der Waals surface area (Å²) in [7, 11) is 1.23. The number of hydrogen-bond acceptors (Lipinski definition) is 4. The van der Waals surface area contributed by atoms with Crippen LogP contribution in [0.25, 0.3) is 0 Å². The van der Waals surface area contributed by atoms with Crippen molar-refractivity contribution in [2.45, 2.75) is 6.42 Å². The minimum atomic E-state index is -0.743. The van der Waals surface area contributed by atoms with E-state index >= 15 is 0 Å². The predicted octanol–water partition coefficient (Wildman–Crippen LogP) is 0.409. The van der Waals surface area contributed by atoms with Gasteiger partial charge in [-0.15, -0.1) is 0 Å². The highest BCUT2D eigenvalue weighted by molar-refractivity contribution is 6.62. The van der Waals surface area contributed by atoms with E-state index < -0.39 is 17.3 Å². The molecular weight excluding hydrogens is 210 g/mol. The molecule has 0 aliphatic carbocycles. The van der Waals surface area contributed by atoms with Gasteiger partial charge in [-0.3, -0.25) is 14.4 Å². The molecule has 0 aromatic heterocycles. The molecule has 0 bridgehead atoms. The van der Waals surface area contributed by atoms with E-state index in [4.69, 9.17) is 11.6 Å². The summed E-state index contributed by atoms with van der Waals surface area (Å²) in [5.41, 5.74) is 0. The Balaban J connectivity index is 2.61. The minimum Gasteiger partial charge on any atom is -0.468 e. The van der Waals surface area contributed by atoms with Gasteiger partial charge >= 0.3 is 11.3 Å². The summed E-state index contributed by atoms with van der Waals surface area (Å²) < 4.78 is 4.46. The van der Waals surface area contributed by atoms with Gasteiger partial charge in [0.05, 0.1) is 13.7 Å². The van der Waals surface area contributed by atoms with Gasteiger partial charge in [-0.05, 0) is 18.0 Å². The molecule has 1 unspecified atom stereocenters. The smallest absolute Gasteiger partial charge is 0.316 e. The fraction of sp³-hybridized carbons (Fsp3) is 0.625. The second kappa shape index (κ2) is 4.41. The third kappa shape index (κ3) is 2.23. The number of Topliss-reactive ketones (excluding diaryl/α,β-unsaturated/α-hetero) is 1. The lowest BCUT2D eigenvalue weighted by molar-refractivity contribution is -0.151. The van der Waals surface area contributed by atoms with Crippen molar-refractivity contribution in [3.63, 3.8) is 0 Å². The monoisotopic (exact) mass is 219 g/mol. The maximum absolute atomic E-state index is 11.4. The largest absolute Gasteiger partial charge is 0.468 e. The number of amides is 1. The normalized spacial score (nSPS) is 22.0. The number of halogens is 1. The third-order valence-corrected chi connectivity index (χ3v) is 2.40. The molecule has 0 spiro atoms. The lowest BCUT2D eigenvalue weighted by Crippen LogP contribution is -2.44. The highest BCUT2D eigenvalue weighted by atomic mass is 35.5. The average Bonchev–Trinajstić information content (AvgIpc) is 2.16. The van der Waals surface area contributed by atoms with E-state index in [-0.39, 0.29) is 18.7 Å². The zero-order chi connectivity index (χ0) is 10.7. The molecule has 1 aliphatic rings. The Bertz CT molecular complexity index is 279. The van der Waals surface area contributed by atoms with E-state index in [1.165, 1.54) is 12.0 Å². The molecule has 78 valence electrons. The number of piperidine rings is 1. The summed E-state index contributed by atoms with van der Waals surface area (Å²) in [6.45, 7) is 0.204. The van der Waals surface area contributed by atoms with Crippen molar-refractivity contribution < 1.29 is 19.1 Å². The molecule has 1 aliphatic heterocycles. The zero-order valence-corrected chi connectivity index (χ0v) is 8.41. The van der Waals surface area contributed by atoms with Crippen LogP contribution in [0.2, 0.25) is 0 Å². The lowest BCUT2D eigenvalue weighted by atomic mass is 9.96. The van der Waals surface area contributed by atoms with Crippen molar-refractivity contribution in [1.29, 1.82) is 0 Å². The number of rotatable bonds is 1. The molecule has 1 saturated heterocycles. The van der Waals surface area contributed by atoms with Gasteiger partial charge in [0.1, 0.15) is 5.92 Å². The lowest BCUT2D eigenvalue weighted by Gasteiger charge is -2.27. The van der Waals surface area contributed by atoms with Crippen LogP contribution in [0.1, 0.15) is 6.42 Å². The first-order valence-electron chi connectivity index (χ1n) is 4.11. The Kier molecular flexibility index (Phi) is 3.46. The quantitative estimate of drug-likeness (QED) is 0.277. The highest BCUT2D eigenvalue weighted by Gasteiger charge is 2.34. The van der Waals surface area contributed by atoms with Crippen LogP contribution in [0.3, 0.4) is 0 Å². The number of carbonyl (C=O) groups excluding carboxylic acids is 3. The molecule has 1 rings (SSSR count). The molecule has 0 aromatic rings. The second-order valence-corrected chi connectivity index (χ2v) is 3.33. The van der Waals surface area contributed by atoms with Crippen molar-refractivity contribution in [2.75, 3.05) is 20.2 Å². The summed E-state index contributed by atoms with van der Waals surface area (Å²) in [6, 6.07) is 0. The van der Waals surface area contributed by atoms with Crippen LogP contribution in [0.4, 0.5) is 4.79 Å².